The summed E-state index contributed by atoms with van der Waals surface area (Å²) >= 11 is 0. The van der Waals surface area contributed by atoms with Gasteiger partial charge in [-0.15, -0.1) is 0 Å². The molecule has 108 valence electrons. The highest BCUT2D eigenvalue weighted by Gasteiger charge is 2.33. The first-order valence-electron chi connectivity index (χ1n) is 6.83. The second-order valence-corrected chi connectivity index (χ2v) is 5.49. The number of hydroxylamine groups is 1. The molecule has 0 saturated carbocycles. The van der Waals surface area contributed by atoms with Crippen LogP contribution in [0.15, 0.2) is 30.4 Å². The Morgan fingerprint density at radius 2 is 2.05 bits per heavy atom. The zero-order valence-corrected chi connectivity index (χ0v) is 11.7. The number of allylic oxidation sites excluding steroid dienone is 1. The van der Waals surface area contributed by atoms with Crippen molar-refractivity contribution in [2.45, 2.75) is 24.4 Å². The Morgan fingerprint density at radius 1 is 1.25 bits per heavy atom. The number of nitrogens with one attached hydrogen (secondary N) is 1. The zero-order chi connectivity index (χ0) is 14.1. The van der Waals surface area contributed by atoms with E-state index in [1.165, 1.54) is 0 Å². The van der Waals surface area contributed by atoms with Crippen LogP contribution in [0.1, 0.15) is 17.9 Å². The average molecular weight is 276 g/mol. The quantitative estimate of drug-likeness (QED) is 0.650. The highest BCUT2D eigenvalue weighted by molar-refractivity contribution is 5.46. The molecule has 0 saturated heterocycles. The topological polar surface area (TPSA) is 54.0 Å². The number of hydrogen-bond donors (Lipinski definition) is 2. The van der Waals surface area contributed by atoms with E-state index in [1.807, 2.05) is 26.2 Å². The molecule has 20 heavy (non-hydrogen) atoms. The first-order chi connectivity index (χ1) is 9.70. The number of likely N-dealkylation sites (N-methyl/N-ethyl adjacent to an activating group) is 1. The van der Waals surface area contributed by atoms with Crippen LogP contribution in [0.3, 0.4) is 0 Å². The average Bonchev–Trinajstić information content (AvgIpc) is 2.93. The molecule has 1 heterocycles. The molecule has 1 aromatic carbocycles. The molecular weight excluding hydrogens is 256 g/mol. The lowest BCUT2D eigenvalue weighted by Gasteiger charge is -2.37. The van der Waals surface area contributed by atoms with Gasteiger partial charge in [0.25, 0.3) is 0 Å². The molecule has 1 aromatic rings. The largest absolute Gasteiger partial charge is 0.454 e. The SMILES string of the molecule is CN(C)[C@H]1C=CC[C@@H](c2ccc3c(c2)OCO3)C1NO. The predicted octanol–water partition coefficient (Wildman–Crippen LogP) is 1.74. The normalized spacial score (nSPS) is 28.1. The van der Waals surface area contributed by atoms with E-state index in [2.05, 4.69) is 28.6 Å². The van der Waals surface area contributed by atoms with Crippen molar-refractivity contribution >= 4 is 0 Å². The Balaban J connectivity index is 1.90. The Hall–Kier alpha value is -1.56. The molecule has 3 rings (SSSR count). The number of benzene rings is 1. The molecule has 2 N–H and O–H groups in total. The Morgan fingerprint density at radius 3 is 2.80 bits per heavy atom. The molecule has 1 aliphatic carbocycles. The summed E-state index contributed by atoms with van der Waals surface area (Å²) in [7, 11) is 4.03. The van der Waals surface area contributed by atoms with Gasteiger partial charge in [-0.3, -0.25) is 0 Å². The van der Waals surface area contributed by atoms with Crippen LogP contribution in [-0.2, 0) is 0 Å². The Labute approximate surface area is 118 Å². The molecule has 0 amide bonds. The minimum absolute atomic E-state index is 0.0460. The summed E-state index contributed by atoms with van der Waals surface area (Å²) < 4.78 is 10.8. The lowest BCUT2D eigenvalue weighted by atomic mass is 9.80. The van der Waals surface area contributed by atoms with Crippen LogP contribution in [-0.4, -0.2) is 43.1 Å². The van der Waals surface area contributed by atoms with Crippen LogP contribution in [0.25, 0.3) is 0 Å². The number of rotatable bonds is 3. The third kappa shape index (κ3) is 2.28. The van der Waals surface area contributed by atoms with Crippen LogP contribution < -0.4 is 15.0 Å². The van der Waals surface area contributed by atoms with E-state index < -0.39 is 0 Å². The van der Waals surface area contributed by atoms with Crippen molar-refractivity contribution in [1.29, 1.82) is 0 Å². The van der Waals surface area contributed by atoms with Gasteiger partial charge in [0.15, 0.2) is 11.5 Å². The molecule has 2 aliphatic rings. The fraction of sp³-hybridized carbons (Fsp3) is 0.467. The smallest absolute Gasteiger partial charge is 0.231 e. The van der Waals surface area contributed by atoms with Gasteiger partial charge >= 0.3 is 0 Å². The summed E-state index contributed by atoms with van der Waals surface area (Å²) in [5, 5.41) is 9.57. The monoisotopic (exact) mass is 276 g/mol. The predicted molar refractivity (Wildman–Crippen MR) is 75.2 cm³/mol. The van der Waals surface area contributed by atoms with E-state index in [9.17, 15) is 5.21 Å². The third-order valence-corrected chi connectivity index (χ3v) is 4.09. The van der Waals surface area contributed by atoms with Crippen molar-refractivity contribution in [2.24, 2.45) is 0 Å². The highest BCUT2D eigenvalue weighted by atomic mass is 16.7. The minimum Gasteiger partial charge on any atom is -0.454 e. The van der Waals surface area contributed by atoms with Crippen molar-refractivity contribution in [3.63, 3.8) is 0 Å². The zero-order valence-electron chi connectivity index (χ0n) is 11.7. The van der Waals surface area contributed by atoms with Crippen molar-refractivity contribution in [3.05, 3.63) is 35.9 Å². The lowest BCUT2D eigenvalue weighted by Crippen LogP contribution is -2.50. The first-order valence-corrected chi connectivity index (χ1v) is 6.83. The highest BCUT2D eigenvalue weighted by Crippen LogP contribution is 2.38. The fourth-order valence-corrected chi connectivity index (χ4v) is 3.02. The van der Waals surface area contributed by atoms with Crippen LogP contribution in [0.2, 0.25) is 0 Å². The molecule has 1 aliphatic heterocycles. The summed E-state index contributed by atoms with van der Waals surface area (Å²) in [6.07, 6.45) is 5.20. The van der Waals surface area contributed by atoms with Crippen LogP contribution in [0.5, 0.6) is 11.5 Å². The van der Waals surface area contributed by atoms with Gasteiger partial charge in [-0.1, -0.05) is 18.2 Å². The van der Waals surface area contributed by atoms with Crippen LogP contribution >= 0.6 is 0 Å². The number of ether oxygens (including phenoxy) is 2. The molecule has 5 nitrogen and oxygen atoms in total. The van der Waals surface area contributed by atoms with Gasteiger partial charge in [-0.2, -0.15) is 5.48 Å². The van der Waals surface area contributed by atoms with Gasteiger partial charge < -0.3 is 19.6 Å². The van der Waals surface area contributed by atoms with Gasteiger partial charge in [0.1, 0.15) is 0 Å². The standard InChI is InChI=1S/C15H20N2O3/c1-17(2)12-5-3-4-11(15(12)16-18)10-6-7-13-14(8-10)20-9-19-13/h3,5-8,11-12,15-16,18H,4,9H2,1-2H3/t11-,12-,15?/m0/s1. The maximum absolute atomic E-state index is 9.57. The Kier molecular flexibility index (Phi) is 3.65. The molecule has 0 spiro atoms. The van der Waals surface area contributed by atoms with E-state index in [-0.39, 0.29) is 24.8 Å². The van der Waals surface area contributed by atoms with E-state index in [0.717, 1.165) is 23.5 Å². The van der Waals surface area contributed by atoms with Gasteiger partial charge in [-0.25, -0.2) is 0 Å². The number of nitrogens with zero attached hydrogens (tertiary/aromatic N) is 1. The summed E-state index contributed by atoms with van der Waals surface area (Å²) in [6.45, 7) is 0.283. The minimum atomic E-state index is -0.0460. The molecule has 3 atom stereocenters. The molecular formula is C15H20N2O3. The van der Waals surface area contributed by atoms with Gasteiger partial charge in [-0.05, 0) is 38.2 Å². The molecule has 0 aromatic heterocycles. The molecule has 0 fully saturated rings. The van der Waals surface area contributed by atoms with Crippen molar-refractivity contribution in [3.8, 4) is 11.5 Å². The van der Waals surface area contributed by atoms with E-state index in [1.54, 1.807) is 0 Å². The van der Waals surface area contributed by atoms with Crippen molar-refractivity contribution in [1.82, 2.24) is 10.4 Å². The number of hydrogen-bond acceptors (Lipinski definition) is 5. The third-order valence-electron chi connectivity index (χ3n) is 4.09. The molecule has 0 bridgehead atoms. The second kappa shape index (κ2) is 5.44. The van der Waals surface area contributed by atoms with Crippen molar-refractivity contribution in [2.75, 3.05) is 20.9 Å². The second-order valence-electron chi connectivity index (χ2n) is 5.49. The summed E-state index contributed by atoms with van der Waals surface area (Å²) in [4.78, 5) is 2.10. The summed E-state index contributed by atoms with van der Waals surface area (Å²) in [5.41, 5.74) is 3.64. The first kappa shape index (κ1) is 13.4. The fourth-order valence-electron chi connectivity index (χ4n) is 3.02. The van der Waals surface area contributed by atoms with Gasteiger partial charge in [0, 0.05) is 12.0 Å². The molecule has 5 heteroatoms. The summed E-state index contributed by atoms with van der Waals surface area (Å²) in [6, 6.07) is 6.12. The molecule has 1 unspecified atom stereocenters. The van der Waals surface area contributed by atoms with E-state index in [0.29, 0.717) is 0 Å². The van der Waals surface area contributed by atoms with E-state index in [4.69, 9.17) is 9.47 Å². The number of fused-ring (bicyclic) bond motifs is 1. The van der Waals surface area contributed by atoms with Gasteiger partial charge in [0.05, 0.1) is 6.04 Å². The maximum atomic E-state index is 9.57. The Bertz CT molecular complexity index is 516. The summed E-state index contributed by atoms with van der Waals surface area (Å²) in [5.74, 6) is 1.78. The van der Waals surface area contributed by atoms with Crippen LogP contribution in [0.4, 0.5) is 0 Å². The van der Waals surface area contributed by atoms with E-state index >= 15 is 0 Å². The van der Waals surface area contributed by atoms with Gasteiger partial charge in [0.2, 0.25) is 6.79 Å². The molecule has 0 radical (unpaired) electrons. The lowest BCUT2D eigenvalue weighted by molar-refractivity contribution is 0.0758. The van der Waals surface area contributed by atoms with Crippen LogP contribution in [0, 0.1) is 0 Å². The maximum Gasteiger partial charge on any atom is 0.231 e. The van der Waals surface area contributed by atoms with Crippen molar-refractivity contribution < 1.29 is 14.7 Å².